The third-order valence-corrected chi connectivity index (χ3v) is 2.87. The highest BCUT2D eigenvalue weighted by Gasteiger charge is 2.22. The van der Waals surface area contributed by atoms with Crippen molar-refractivity contribution in [1.82, 2.24) is 24.9 Å². The van der Waals surface area contributed by atoms with Gasteiger partial charge in [-0.15, -0.1) is 5.10 Å². The fourth-order valence-electron chi connectivity index (χ4n) is 2.09. The predicted molar refractivity (Wildman–Crippen MR) is 58.2 cm³/mol. The molecule has 1 fully saturated rings. The van der Waals surface area contributed by atoms with Crippen molar-refractivity contribution in [2.24, 2.45) is 0 Å². The van der Waals surface area contributed by atoms with Crippen molar-refractivity contribution in [1.29, 1.82) is 0 Å². The van der Waals surface area contributed by atoms with Crippen molar-refractivity contribution >= 4 is 11.5 Å². The van der Waals surface area contributed by atoms with E-state index in [1.165, 1.54) is 0 Å². The first-order chi connectivity index (χ1) is 7.75. The minimum atomic E-state index is -0.253. The van der Waals surface area contributed by atoms with Crippen LogP contribution in [0.15, 0.2) is 11.0 Å². The highest BCUT2D eigenvalue weighted by atomic mass is 16.1. The molecule has 0 unspecified atom stereocenters. The third kappa shape index (κ3) is 1.28. The highest BCUT2D eigenvalue weighted by Crippen LogP contribution is 2.20. The maximum atomic E-state index is 11.6. The molecule has 0 aromatic carbocycles. The van der Waals surface area contributed by atoms with E-state index in [1.54, 1.807) is 10.7 Å². The number of anilines is 1. The molecular formula is C9H12N6O. The van der Waals surface area contributed by atoms with E-state index < -0.39 is 0 Å². The molecule has 0 radical (unpaired) electrons. The van der Waals surface area contributed by atoms with Crippen LogP contribution in [0.5, 0.6) is 0 Å². The van der Waals surface area contributed by atoms with Crippen LogP contribution < -0.4 is 16.6 Å². The van der Waals surface area contributed by atoms with Gasteiger partial charge in [0.2, 0.25) is 5.95 Å². The van der Waals surface area contributed by atoms with Gasteiger partial charge in [0.25, 0.3) is 5.56 Å². The normalized spacial score (nSPS) is 20.6. The average molecular weight is 220 g/mol. The van der Waals surface area contributed by atoms with Gasteiger partial charge < -0.3 is 11.1 Å². The highest BCUT2D eigenvalue weighted by molar-refractivity contribution is 5.44. The zero-order valence-electron chi connectivity index (χ0n) is 8.60. The van der Waals surface area contributed by atoms with E-state index in [1.807, 2.05) is 0 Å². The zero-order chi connectivity index (χ0) is 11.1. The summed E-state index contributed by atoms with van der Waals surface area (Å²) in [5.41, 5.74) is 5.71. The lowest BCUT2D eigenvalue weighted by molar-refractivity contribution is 0.669. The summed E-state index contributed by atoms with van der Waals surface area (Å²) in [5, 5.41) is 7.35. The topological polar surface area (TPSA) is 101 Å². The minimum Gasteiger partial charge on any atom is -0.368 e. The average Bonchev–Trinajstić information content (AvgIpc) is 2.83. The maximum absolute atomic E-state index is 11.6. The molecular weight excluding hydrogens is 208 g/mol. The second-order valence-electron chi connectivity index (χ2n) is 3.94. The zero-order valence-corrected chi connectivity index (χ0v) is 8.60. The Balaban J connectivity index is 2.22. The fraction of sp³-hybridized carbons (Fsp3) is 0.444. The van der Waals surface area contributed by atoms with Crippen molar-refractivity contribution in [2.75, 3.05) is 18.8 Å². The molecule has 7 heteroatoms. The Bertz CT molecular complexity index is 579. The molecule has 1 atom stereocenters. The van der Waals surface area contributed by atoms with Gasteiger partial charge in [-0.25, -0.2) is 9.50 Å². The number of nitrogens with one attached hydrogen (secondary N) is 2. The number of imidazole rings is 1. The number of nitrogens with two attached hydrogens (primary N) is 1. The molecule has 0 spiro atoms. The summed E-state index contributed by atoms with van der Waals surface area (Å²) < 4.78 is 1.55. The second kappa shape index (κ2) is 3.31. The van der Waals surface area contributed by atoms with E-state index in [9.17, 15) is 4.79 Å². The second-order valence-corrected chi connectivity index (χ2v) is 3.94. The smallest absolute Gasteiger partial charge is 0.278 e. The Morgan fingerprint density at radius 3 is 3.19 bits per heavy atom. The van der Waals surface area contributed by atoms with Crippen LogP contribution in [0.2, 0.25) is 0 Å². The Labute approximate surface area is 90.7 Å². The number of aromatic amines is 1. The van der Waals surface area contributed by atoms with Crippen LogP contribution in [0.1, 0.15) is 18.2 Å². The minimum absolute atomic E-state index is 0.114. The van der Waals surface area contributed by atoms with Gasteiger partial charge >= 0.3 is 0 Å². The largest absolute Gasteiger partial charge is 0.368 e. The van der Waals surface area contributed by atoms with Crippen LogP contribution in [0.25, 0.3) is 5.52 Å². The lowest BCUT2D eigenvalue weighted by Gasteiger charge is -2.06. The van der Waals surface area contributed by atoms with E-state index in [0.717, 1.165) is 25.3 Å². The van der Waals surface area contributed by atoms with Gasteiger partial charge in [0.05, 0.1) is 6.20 Å². The fourth-order valence-corrected chi connectivity index (χ4v) is 2.09. The number of fused-ring (bicyclic) bond motifs is 1. The van der Waals surface area contributed by atoms with E-state index in [0.29, 0.717) is 11.4 Å². The van der Waals surface area contributed by atoms with E-state index in [2.05, 4.69) is 20.4 Å². The number of rotatable bonds is 1. The number of H-pyrrole nitrogens is 1. The van der Waals surface area contributed by atoms with Gasteiger partial charge in [-0.1, -0.05) is 0 Å². The first-order valence-corrected chi connectivity index (χ1v) is 5.20. The van der Waals surface area contributed by atoms with Gasteiger partial charge in [-0.2, -0.15) is 0 Å². The molecule has 2 aromatic rings. The van der Waals surface area contributed by atoms with Crippen LogP contribution in [-0.2, 0) is 0 Å². The van der Waals surface area contributed by atoms with Gasteiger partial charge in [-0.3, -0.25) is 9.78 Å². The Morgan fingerprint density at radius 2 is 2.44 bits per heavy atom. The quantitative estimate of drug-likeness (QED) is 0.576. The van der Waals surface area contributed by atoms with Crippen molar-refractivity contribution < 1.29 is 0 Å². The number of nitrogen functional groups attached to an aromatic ring is 1. The molecule has 4 N–H and O–H groups in total. The van der Waals surface area contributed by atoms with Gasteiger partial charge in [0.1, 0.15) is 5.82 Å². The van der Waals surface area contributed by atoms with Gasteiger partial charge in [-0.05, 0) is 13.0 Å². The molecule has 16 heavy (non-hydrogen) atoms. The molecule has 0 saturated carbocycles. The van der Waals surface area contributed by atoms with E-state index in [4.69, 9.17) is 5.73 Å². The van der Waals surface area contributed by atoms with Crippen LogP contribution >= 0.6 is 0 Å². The summed E-state index contributed by atoms with van der Waals surface area (Å²) in [6.07, 6.45) is 2.55. The van der Waals surface area contributed by atoms with Crippen molar-refractivity contribution in [3.63, 3.8) is 0 Å². The monoisotopic (exact) mass is 220 g/mol. The SMILES string of the molecule is Nc1nn2c([C@H]3CCNC3)ncc2c(=O)[nH]1. The molecule has 2 aromatic heterocycles. The molecule has 7 nitrogen and oxygen atoms in total. The summed E-state index contributed by atoms with van der Waals surface area (Å²) in [6.45, 7) is 1.84. The lowest BCUT2D eigenvalue weighted by Crippen LogP contribution is -2.17. The molecule has 3 rings (SSSR count). The van der Waals surface area contributed by atoms with Crippen LogP contribution in [-0.4, -0.2) is 32.7 Å². The number of hydrogen-bond acceptors (Lipinski definition) is 5. The summed E-state index contributed by atoms with van der Waals surface area (Å²) in [7, 11) is 0. The van der Waals surface area contributed by atoms with E-state index >= 15 is 0 Å². The lowest BCUT2D eigenvalue weighted by atomic mass is 10.1. The molecule has 1 saturated heterocycles. The van der Waals surface area contributed by atoms with E-state index in [-0.39, 0.29) is 11.5 Å². The Kier molecular flexibility index (Phi) is 1.93. The summed E-state index contributed by atoms with van der Waals surface area (Å²) in [5.74, 6) is 1.22. The summed E-state index contributed by atoms with van der Waals surface area (Å²) in [6, 6.07) is 0. The number of aromatic nitrogens is 4. The van der Waals surface area contributed by atoms with Crippen LogP contribution in [0.3, 0.4) is 0 Å². The summed E-state index contributed by atoms with van der Waals surface area (Å²) >= 11 is 0. The maximum Gasteiger partial charge on any atom is 0.278 e. The van der Waals surface area contributed by atoms with Crippen molar-refractivity contribution in [2.45, 2.75) is 12.3 Å². The molecule has 1 aliphatic heterocycles. The third-order valence-electron chi connectivity index (χ3n) is 2.87. The number of nitrogens with zero attached hydrogens (tertiary/aromatic N) is 3. The van der Waals surface area contributed by atoms with Gasteiger partial charge in [0.15, 0.2) is 5.52 Å². The molecule has 0 bridgehead atoms. The predicted octanol–water partition coefficient (Wildman–Crippen LogP) is -0.923. The van der Waals surface area contributed by atoms with Crippen LogP contribution in [0.4, 0.5) is 5.95 Å². The molecule has 0 aliphatic carbocycles. The molecule has 0 amide bonds. The first kappa shape index (κ1) is 9.34. The summed E-state index contributed by atoms with van der Waals surface area (Å²) in [4.78, 5) is 18.3. The van der Waals surface area contributed by atoms with Crippen molar-refractivity contribution in [3.8, 4) is 0 Å². The standard InChI is InChI=1S/C9H12N6O/c10-9-13-8(16)6-4-12-7(15(6)14-9)5-1-2-11-3-5/h4-5,11H,1-3H2,(H3,10,13,14,16)/t5-/m0/s1. The van der Waals surface area contributed by atoms with Crippen molar-refractivity contribution in [3.05, 3.63) is 22.4 Å². The molecule has 84 valence electrons. The molecule has 3 heterocycles. The van der Waals surface area contributed by atoms with Gasteiger partial charge in [0, 0.05) is 12.5 Å². The number of hydrogen-bond donors (Lipinski definition) is 3. The Morgan fingerprint density at radius 1 is 1.56 bits per heavy atom. The molecule has 1 aliphatic rings. The van der Waals surface area contributed by atoms with Crippen LogP contribution in [0, 0.1) is 0 Å². The first-order valence-electron chi connectivity index (χ1n) is 5.20. The Hall–Kier alpha value is -1.89.